The van der Waals surface area contributed by atoms with Crippen molar-refractivity contribution in [3.05, 3.63) is 65.2 Å². The topological polar surface area (TPSA) is 83.6 Å². The number of nitrogens with zero attached hydrogens (tertiary/aromatic N) is 1. The number of ketones is 1. The van der Waals surface area contributed by atoms with Crippen LogP contribution in [0, 0.1) is 0 Å². The molecule has 136 valence electrons. The number of nitrogens with one attached hydrogen (secondary N) is 1. The molecule has 6 nitrogen and oxygen atoms in total. The van der Waals surface area contributed by atoms with Gasteiger partial charge in [-0.2, -0.15) is 4.31 Å². The van der Waals surface area contributed by atoms with Crippen molar-refractivity contribution in [3.8, 4) is 0 Å². The molecule has 2 aromatic rings. The van der Waals surface area contributed by atoms with Crippen molar-refractivity contribution < 1.29 is 18.0 Å². The van der Waals surface area contributed by atoms with Crippen LogP contribution >= 0.6 is 0 Å². The quantitative estimate of drug-likeness (QED) is 0.829. The summed E-state index contributed by atoms with van der Waals surface area (Å²) in [6.07, 6.45) is 0.307. The van der Waals surface area contributed by atoms with E-state index in [9.17, 15) is 18.0 Å². The molecule has 1 atom stereocenters. The number of carbonyl (C=O) groups excluding carboxylic acids is 2. The Kier molecular flexibility index (Phi) is 4.93. The van der Waals surface area contributed by atoms with Gasteiger partial charge in [0.15, 0.2) is 5.78 Å². The van der Waals surface area contributed by atoms with Crippen LogP contribution < -0.4 is 5.32 Å². The highest BCUT2D eigenvalue weighted by molar-refractivity contribution is 7.89. The van der Waals surface area contributed by atoms with E-state index in [0.29, 0.717) is 12.0 Å². The van der Waals surface area contributed by atoms with Gasteiger partial charge in [0, 0.05) is 19.2 Å². The van der Waals surface area contributed by atoms with E-state index in [1.54, 1.807) is 6.07 Å². The van der Waals surface area contributed by atoms with Crippen LogP contribution in [-0.4, -0.2) is 37.5 Å². The Balaban J connectivity index is 2.08. The molecule has 3 rings (SSSR count). The van der Waals surface area contributed by atoms with Crippen LogP contribution in [0.15, 0.2) is 53.4 Å². The number of sulfonamides is 1. The van der Waals surface area contributed by atoms with Crippen LogP contribution in [0.4, 0.5) is 0 Å². The molecule has 0 saturated carbocycles. The fourth-order valence-electron chi connectivity index (χ4n) is 3.15. The molecule has 0 aromatic heterocycles. The van der Waals surface area contributed by atoms with Crippen LogP contribution in [0.25, 0.3) is 0 Å². The first-order valence-electron chi connectivity index (χ1n) is 8.26. The van der Waals surface area contributed by atoms with E-state index in [4.69, 9.17) is 0 Å². The van der Waals surface area contributed by atoms with E-state index in [2.05, 4.69) is 5.32 Å². The van der Waals surface area contributed by atoms with Crippen LogP contribution in [0.5, 0.6) is 0 Å². The van der Waals surface area contributed by atoms with Gasteiger partial charge in [0.25, 0.3) is 0 Å². The highest BCUT2D eigenvalue weighted by Gasteiger charge is 2.39. The molecule has 26 heavy (non-hydrogen) atoms. The minimum absolute atomic E-state index is 0.0125. The molecule has 0 spiro atoms. The fraction of sp³-hybridized carbons (Fsp3) is 0.263. The third-order valence-electron chi connectivity index (χ3n) is 4.60. The van der Waals surface area contributed by atoms with E-state index in [1.807, 2.05) is 24.3 Å². The summed E-state index contributed by atoms with van der Waals surface area (Å²) in [7, 11) is -2.45. The van der Waals surface area contributed by atoms with Gasteiger partial charge < -0.3 is 5.32 Å². The normalized spacial score (nSPS) is 17.4. The summed E-state index contributed by atoms with van der Waals surface area (Å²) in [4.78, 5) is 24.0. The second kappa shape index (κ2) is 7.01. The zero-order chi connectivity index (χ0) is 18.9. The van der Waals surface area contributed by atoms with Gasteiger partial charge in [0.05, 0.1) is 4.90 Å². The lowest BCUT2D eigenvalue weighted by atomic mass is 9.95. The van der Waals surface area contributed by atoms with Crippen molar-refractivity contribution >= 4 is 21.7 Å². The lowest BCUT2D eigenvalue weighted by Crippen LogP contribution is -2.51. The Morgan fingerprint density at radius 2 is 1.77 bits per heavy atom. The fourth-order valence-corrected chi connectivity index (χ4v) is 4.76. The van der Waals surface area contributed by atoms with E-state index in [1.165, 1.54) is 36.5 Å². The molecule has 1 N–H and O–H groups in total. The van der Waals surface area contributed by atoms with E-state index < -0.39 is 16.1 Å². The molecule has 0 saturated heterocycles. The third kappa shape index (κ3) is 3.27. The number of benzene rings is 2. The average Bonchev–Trinajstić information content (AvgIpc) is 2.66. The average molecular weight is 372 g/mol. The Morgan fingerprint density at radius 1 is 1.08 bits per heavy atom. The highest BCUT2D eigenvalue weighted by atomic mass is 32.2. The maximum atomic E-state index is 13.2. The van der Waals surface area contributed by atoms with Crippen LogP contribution in [-0.2, 0) is 27.8 Å². The van der Waals surface area contributed by atoms with Gasteiger partial charge in [-0.1, -0.05) is 36.4 Å². The van der Waals surface area contributed by atoms with Crippen molar-refractivity contribution in [3.63, 3.8) is 0 Å². The summed E-state index contributed by atoms with van der Waals surface area (Å²) in [6.45, 7) is 1.50. The van der Waals surface area contributed by atoms with Gasteiger partial charge in [-0.15, -0.1) is 0 Å². The molecule has 1 amide bonds. The molecule has 1 heterocycles. The summed E-state index contributed by atoms with van der Waals surface area (Å²) < 4.78 is 27.7. The Morgan fingerprint density at radius 3 is 2.42 bits per heavy atom. The monoisotopic (exact) mass is 372 g/mol. The number of likely N-dealkylation sites (N-methyl/N-ethyl adjacent to an activating group) is 1. The SMILES string of the molecule is CNC(=O)[C@H]1Cc2ccccc2CN1S(=O)(=O)c1cccc(C(C)=O)c1. The number of carbonyl (C=O) groups is 2. The van der Waals surface area contributed by atoms with Crippen LogP contribution in [0.3, 0.4) is 0 Å². The third-order valence-corrected chi connectivity index (χ3v) is 6.45. The van der Waals surface area contributed by atoms with Gasteiger partial charge in [-0.3, -0.25) is 9.59 Å². The number of amides is 1. The number of hydrogen-bond donors (Lipinski definition) is 1. The first-order valence-corrected chi connectivity index (χ1v) is 9.70. The van der Waals surface area contributed by atoms with Gasteiger partial charge in [-0.05, 0) is 36.6 Å². The molecule has 2 aromatic carbocycles. The standard InChI is InChI=1S/C19H20N2O4S/c1-13(22)14-8-5-9-17(10-14)26(24,25)21-12-16-7-4-3-6-15(16)11-18(21)19(23)20-2/h3-10,18H,11-12H2,1-2H3,(H,20,23)/t18-/m1/s1. The summed E-state index contributed by atoms with van der Waals surface area (Å²) in [5, 5.41) is 2.55. The maximum Gasteiger partial charge on any atom is 0.244 e. The first kappa shape index (κ1) is 18.3. The molecular weight excluding hydrogens is 352 g/mol. The second-order valence-corrected chi connectivity index (χ2v) is 8.13. The first-order chi connectivity index (χ1) is 12.3. The molecule has 1 aliphatic heterocycles. The summed E-state index contributed by atoms with van der Waals surface area (Å²) in [6, 6.07) is 12.6. The minimum Gasteiger partial charge on any atom is -0.358 e. The molecule has 0 radical (unpaired) electrons. The van der Waals surface area contributed by atoms with Gasteiger partial charge >= 0.3 is 0 Å². The van der Waals surface area contributed by atoms with Crippen molar-refractivity contribution in [1.29, 1.82) is 0 Å². The molecule has 7 heteroatoms. The van der Waals surface area contributed by atoms with E-state index in [0.717, 1.165) is 11.1 Å². The Labute approximate surface area is 152 Å². The summed E-state index contributed by atoms with van der Waals surface area (Å²) in [5.41, 5.74) is 2.16. The molecular formula is C19H20N2O4S. The number of rotatable bonds is 4. The minimum atomic E-state index is -3.94. The summed E-state index contributed by atoms with van der Waals surface area (Å²) >= 11 is 0. The maximum absolute atomic E-state index is 13.2. The molecule has 1 aliphatic rings. The highest BCUT2D eigenvalue weighted by Crippen LogP contribution is 2.29. The predicted molar refractivity (Wildman–Crippen MR) is 97.2 cm³/mol. The lowest BCUT2D eigenvalue weighted by molar-refractivity contribution is -0.124. The molecule has 0 unspecified atom stereocenters. The summed E-state index contributed by atoms with van der Waals surface area (Å²) in [5.74, 6) is -0.570. The molecule has 0 fully saturated rings. The number of hydrogen-bond acceptors (Lipinski definition) is 4. The van der Waals surface area contributed by atoms with Crippen molar-refractivity contribution in [2.45, 2.75) is 30.8 Å². The lowest BCUT2D eigenvalue weighted by Gasteiger charge is -2.34. The van der Waals surface area contributed by atoms with Gasteiger partial charge in [-0.25, -0.2) is 8.42 Å². The molecule has 0 bridgehead atoms. The second-order valence-electron chi connectivity index (χ2n) is 6.24. The van der Waals surface area contributed by atoms with Crippen molar-refractivity contribution in [1.82, 2.24) is 9.62 Å². The largest absolute Gasteiger partial charge is 0.358 e. The van der Waals surface area contributed by atoms with Gasteiger partial charge in [0.1, 0.15) is 6.04 Å². The van der Waals surface area contributed by atoms with Gasteiger partial charge in [0.2, 0.25) is 15.9 Å². The number of Topliss-reactive ketones (excluding diaryl/α,β-unsaturated/α-hetero) is 1. The molecule has 0 aliphatic carbocycles. The zero-order valence-corrected chi connectivity index (χ0v) is 15.4. The van der Waals surface area contributed by atoms with E-state index in [-0.39, 0.29) is 23.1 Å². The van der Waals surface area contributed by atoms with Crippen LogP contribution in [0.2, 0.25) is 0 Å². The Bertz CT molecular complexity index is 969. The van der Waals surface area contributed by atoms with Crippen molar-refractivity contribution in [2.75, 3.05) is 7.05 Å². The van der Waals surface area contributed by atoms with Crippen molar-refractivity contribution in [2.24, 2.45) is 0 Å². The number of fused-ring (bicyclic) bond motifs is 1. The van der Waals surface area contributed by atoms with E-state index >= 15 is 0 Å². The predicted octanol–water partition coefficient (Wildman–Crippen LogP) is 1.75. The van der Waals surface area contributed by atoms with Crippen LogP contribution in [0.1, 0.15) is 28.4 Å². The zero-order valence-electron chi connectivity index (χ0n) is 14.6. The Hall–Kier alpha value is -2.51. The smallest absolute Gasteiger partial charge is 0.244 e.